The molecule has 0 aliphatic carbocycles. The van der Waals surface area contributed by atoms with Crippen molar-refractivity contribution in [2.75, 3.05) is 6.54 Å². The van der Waals surface area contributed by atoms with Crippen molar-refractivity contribution in [2.24, 2.45) is 11.8 Å². The summed E-state index contributed by atoms with van der Waals surface area (Å²) in [7, 11) is 0. The van der Waals surface area contributed by atoms with Crippen LogP contribution >= 0.6 is 0 Å². The first-order chi connectivity index (χ1) is 9.03. The average molecular weight is 265 g/mol. The van der Waals surface area contributed by atoms with E-state index in [0.717, 1.165) is 25.9 Å². The van der Waals surface area contributed by atoms with Crippen LogP contribution in [0.15, 0.2) is 6.07 Å². The number of aromatic nitrogens is 2. The molecule has 0 saturated carbocycles. The van der Waals surface area contributed by atoms with E-state index in [4.69, 9.17) is 0 Å². The molecule has 2 unspecified atom stereocenters. The maximum atomic E-state index is 4.66. The highest BCUT2D eigenvalue weighted by molar-refractivity contribution is 5.12. The van der Waals surface area contributed by atoms with Gasteiger partial charge in [-0.2, -0.15) is 5.10 Å². The first-order valence-electron chi connectivity index (χ1n) is 7.82. The normalized spacial score (nSPS) is 14.9. The minimum absolute atomic E-state index is 0.551. The van der Waals surface area contributed by atoms with Gasteiger partial charge >= 0.3 is 0 Å². The molecule has 19 heavy (non-hydrogen) atoms. The van der Waals surface area contributed by atoms with Gasteiger partial charge < -0.3 is 5.32 Å². The molecule has 0 spiro atoms. The summed E-state index contributed by atoms with van der Waals surface area (Å²) < 4.78 is 2.17. The first-order valence-corrected chi connectivity index (χ1v) is 7.82. The van der Waals surface area contributed by atoms with Gasteiger partial charge in [0.25, 0.3) is 0 Å². The summed E-state index contributed by atoms with van der Waals surface area (Å²) in [5, 5.41) is 8.24. The molecule has 1 rings (SSSR count). The Hall–Kier alpha value is -0.830. The molecule has 110 valence electrons. The SMILES string of the molecule is CCNC(C)C(Cc1cc(CC)nn1CC)C(C)C. The lowest BCUT2D eigenvalue weighted by molar-refractivity contribution is 0.286. The molecule has 0 bridgehead atoms. The van der Waals surface area contributed by atoms with E-state index in [2.05, 4.69) is 62.7 Å². The van der Waals surface area contributed by atoms with E-state index in [1.165, 1.54) is 11.4 Å². The second kappa shape index (κ2) is 7.68. The second-order valence-electron chi connectivity index (χ2n) is 5.75. The minimum Gasteiger partial charge on any atom is -0.314 e. The van der Waals surface area contributed by atoms with Gasteiger partial charge in [0.2, 0.25) is 0 Å². The summed E-state index contributed by atoms with van der Waals surface area (Å²) in [6.07, 6.45) is 2.14. The van der Waals surface area contributed by atoms with Crippen molar-refractivity contribution in [3.8, 4) is 0 Å². The fourth-order valence-electron chi connectivity index (χ4n) is 2.83. The van der Waals surface area contributed by atoms with Crippen LogP contribution in [0.3, 0.4) is 0 Å². The molecule has 1 aromatic heterocycles. The third-order valence-electron chi connectivity index (χ3n) is 4.05. The van der Waals surface area contributed by atoms with Crippen LogP contribution in [0.2, 0.25) is 0 Å². The molecule has 1 heterocycles. The molecular weight excluding hydrogens is 234 g/mol. The Labute approximate surface area is 118 Å². The number of rotatable bonds is 8. The fraction of sp³-hybridized carbons (Fsp3) is 0.812. The summed E-state index contributed by atoms with van der Waals surface area (Å²) in [4.78, 5) is 0. The zero-order valence-corrected chi connectivity index (χ0v) is 13.5. The van der Waals surface area contributed by atoms with Crippen molar-refractivity contribution < 1.29 is 0 Å². The summed E-state index contributed by atoms with van der Waals surface area (Å²) in [6.45, 7) is 15.5. The van der Waals surface area contributed by atoms with Gasteiger partial charge in [-0.05, 0) is 51.1 Å². The van der Waals surface area contributed by atoms with Gasteiger partial charge in [0.1, 0.15) is 0 Å². The molecule has 0 amide bonds. The fourth-order valence-corrected chi connectivity index (χ4v) is 2.83. The van der Waals surface area contributed by atoms with Gasteiger partial charge in [-0.25, -0.2) is 0 Å². The Kier molecular flexibility index (Phi) is 6.56. The molecule has 0 radical (unpaired) electrons. The molecule has 0 aromatic carbocycles. The molecule has 0 saturated heterocycles. The molecule has 1 aromatic rings. The molecule has 3 nitrogen and oxygen atoms in total. The van der Waals surface area contributed by atoms with Gasteiger partial charge in [-0.15, -0.1) is 0 Å². The summed E-state index contributed by atoms with van der Waals surface area (Å²) in [5.41, 5.74) is 2.61. The topological polar surface area (TPSA) is 29.9 Å². The lowest BCUT2D eigenvalue weighted by Crippen LogP contribution is -2.37. The van der Waals surface area contributed by atoms with Crippen LogP contribution in [0.4, 0.5) is 0 Å². The Morgan fingerprint density at radius 1 is 1.21 bits per heavy atom. The number of nitrogens with one attached hydrogen (secondary N) is 1. The van der Waals surface area contributed by atoms with Crippen molar-refractivity contribution >= 4 is 0 Å². The highest BCUT2D eigenvalue weighted by Crippen LogP contribution is 2.22. The summed E-state index contributed by atoms with van der Waals surface area (Å²) in [5.74, 6) is 1.34. The molecule has 0 aliphatic heterocycles. The van der Waals surface area contributed by atoms with Gasteiger partial charge in [0, 0.05) is 18.3 Å². The zero-order chi connectivity index (χ0) is 14.4. The van der Waals surface area contributed by atoms with Gasteiger partial charge in [-0.1, -0.05) is 27.7 Å². The third kappa shape index (κ3) is 4.34. The molecule has 2 atom stereocenters. The van der Waals surface area contributed by atoms with Crippen LogP contribution in [0.5, 0.6) is 0 Å². The van der Waals surface area contributed by atoms with E-state index >= 15 is 0 Å². The van der Waals surface area contributed by atoms with Crippen molar-refractivity contribution in [3.63, 3.8) is 0 Å². The standard InChI is InChI=1S/C16H31N3/c1-7-14-10-15(19(9-3)18-14)11-16(12(4)5)13(6)17-8-2/h10,12-13,16-17H,7-9,11H2,1-6H3. The Balaban J connectivity index is 2.86. The number of aryl methyl sites for hydroxylation is 2. The van der Waals surface area contributed by atoms with Crippen molar-refractivity contribution in [1.29, 1.82) is 0 Å². The Morgan fingerprint density at radius 2 is 1.89 bits per heavy atom. The van der Waals surface area contributed by atoms with Crippen LogP contribution in [-0.2, 0) is 19.4 Å². The zero-order valence-electron chi connectivity index (χ0n) is 13.5. The quantitative estimate of drug-likeness (QED) is 0.782. The molecule has 0 fully saturated rings. The highest BCUT2D eigenvalue weighted by atomic mass is 15.3. The predicted molar refractivity (Wildman–Crippen MR) is 82.4 cm³/mol. The van der Waals surface area contributed by atoms with Crippen molar-refractivity contribution in [1.82, 2.24) is 15.1 Å². The Morgan fingerprint density at radius 3 is 2.37 bits per heavy atom. The van der Waals surface area contributed by atoms with E-state index in [0.29, 0.717) is 17.9 Å². The van der Waals surface area contributed by atoms with Gasteiger partial charge in [0.15, 0.2) is 0 Å². The van der Waals surface area contributed by atoms with Crippen LogP contribution < -0.4 is 5.32 Å². The average Bonchev–Trinajstić information content (AvgIpc) is 2.78. The maximum Gasteiger partial charge on any atom is 0.0624 e. The van der Waals surface area contributed by atoms with E-state index in [1.807, 2.05) is 0 Å². The number of hydrogen-bond donors (Lipinski definition) is 1. The van der Waals surface area contributed by atoms with E-state index in [-0.39, 0.29) is 0 Å². The molecule has 1 N–H and O–H groups in total. The monoisotopic (exact) mass is 265 g/mol. The second-order valence-corrected chi connectivity index (χ2v) is 5.75. The van der Waals surface area contributed by atoms with Crippen LogP contribution in [0.1, 0.15) is 52.9 Å². The predicted octanol–water partition coefficient (Wildman–Crippen LogP) is 3.28. The Bertz CT molecular complexity index is 368. The number of nitrogens with zero attached hydrogens (tertiary/aromatic N) is 2. The van der Waals surface area contributed by atoms with Crippen molar-refractivity contribution in [2.45, 2.75) is 67.0 Å². The maximum absolute atomic E-state index is 4.66. The largest absolute Gasteiger partial charge is 0.314 e. The van der Waals surface area contributed by atoms with Crippen LogP contribution in [0.25, 0.3) is 0 Å². The van der Waals surface area contributed by atoms with Crippen molar-refractivity contribution in [3.05, 3.63) is 17.5 Å². The van der Waals surface area contributed by atoms with E-state index < -0.39 is 0 Å². The first kappa shape index (κ1) is 16.2. The van der Waals surface area contributed by atoms with Gasteiger partial charge in [0.05, 0.1) is 5.69 Å². The third-order valence-corrected chi connectivity index (χ3v) is 4.05. The highest BCUT2D eigenvalue weighted by Gasteiger charge is 2.22. The van der Waals surface area contributed by atoms with E-state index in [9.17, 15) is 0 Å². The summed E-state index contributed by atoms with van der Waals surface area (Å²) >= 11 is 0. The lowest BCUT2D eigenvalue weighted by atomic mass is 9.85. The minimum atomic E-state index is 0.551. The van der Waals surface area contributed by atoms with Gasteiger partial charge in [-0.3, -0.25) is 4.68 Å². The smallest absolute Gasteiger partial charge is 0.0624 e. The molecule has 3 heteroatoms. The van der Waals surface area contributed by atoms with Crippen LogP contribution in [0, 0.1) is 11.8 Å². The molecule has 0 aliphatic rings. The number of hydrogen-bond acceptors (Lipinski definition) is 2. The lowest BCUT2D eigenvalue weighted by Gasteiger charge is -2.28. The van der Waals surface area contributed by atoms with Crippen LogP contribution in [-0.4, -0.2) is 22.4 Å². The molecular formula is C16H31N3. The summed E-state index contributed by atoms with van der Waals surface area (Å²) in [6, 6.07) is 2.84. The van der Waals surface area contributed by atoms with E-state index in [1.54, 1.807) is 0 Å².